The van der Waals surface area contributed by atoms with Gasteiger partial charge >= 0.3 is 0 Å². The zero-order valence-corrected chi connectivity index (χ0v) is 9.57. The Balaban J connectivity index is 1.90. The summed E-state index contributed by atoms with van der Waals surface area (Å²) in [6.45, 7) is 2.06. The van der Waals surface area contributed by atoms with Crippen LogP contribution in [0.3, 0.4) is 0 Å². The van der Waals surface area contributed by atoms with Gasteiger partial charge < -0.3 is 5.32 Å². The van der Waals surface area contributed by atoms with Crippen molar-refractivity contribution in [2.75, 3.05) is 5.32 Å². The fraction of sp³-hybridized carbons (Fsp3) is 0.583. The van der Waals surface area contributed by atoms with E-state index < -0.39 is 0 Å². The molecule has 4 heteroatoms. The lowest BCUT2D eigenvalue weighted by molar-refractivity contribution is -0.120. The van der Waals surface area contributed by atoms with Crippen molar-refractivity contribution in [2.24, 2.45) is 0 Å². The molecule has 1 N–H and O–H groups in total. The fourth-order valence-electron chi connectivity index (χ4n) is 1.92. The Morgan fingerprint density at radius 2 is 2.06 bits per heavy atom. The van der Waals surface area contributed by atoms with Crippen molar-refractivity contribution in [3.05, 3.63) is 17.8 Å². The molecule has 1 aliphatic carbocycles. The Hall–Kier alpha value is -1.45. The molecule has 1 aromatic rings. The van der Waals surface area contributed by atoms with Crippen molar-refractivity contribution in [1.82, 2.24) is 10.2 Å². The molecule has 0 aliphatic heterocycles. The number of carbonyl (C=O) groups is 1. The summed E-state index contributed by atoms with van der Waals surface area (Å²) in [5, 5.41) is 11.5. The normalized spacial score (nSPS) is 17.4. The number of aryl methyl sites for hydroxylation is 1. The summed E-state index contributed by atoms with van der Waals surface area (Å²) < 4.78 is 0. The van der Waals surface area contributed by atoms with Crippen molar-refractivity contribution in [3.63, 3.8) is 0 Å². The summed E-state index contributed by atoms with van der Waals surface area (Å²) in [7, 11) is 0. The molecule has 86 valence electrons. The van der Waals surface area contributed by atoms with Gasteiger partial charge in [-0.3, -0.25) is 4.79 Å². The van der Waals surface area contributed by atoms with Crippen LogP contribution in [0.2, 0.25) is 0 Å². The largest absolute Gasteiger partial charge is 0.366 e. The van der Waals surface area contributed by atoms with Crippen molar-refractivity contribution in [1.29, 1.82) is 0 Å². The van der Waals surface area contributed by atoms with Crippen molar-refractivity contribution in [3.8, 4) is 0 Å². The number of nitrogens with zero attached hydrogens (tertiary/aromatic N) is 2. The van der Waals surface area contributed by atoms with E-state index in [1.54, 1.807) is 0 Å². The molecule has 1 aliphatic rings. The average Bonchev–Trinajstić information content (AvgIpc) is 2.33. The van der Waals surface area contributed by atoms with Crippen LogP contribution in [0.4, 0.5) is 5.82 Å². The minimum Gasteiger partial charge on any atom is -0.366 e. The van der Waals surface area contributed by atoms with E-state index >= 15 is 0 Å². The number of Topliss-reactive ketones (excluding diaryl/α,β-unsaturated/α-hetero) is 1. The third-order valence-electron chi connectivity index (χ3n) is 2.98. The van der Waals surface area contributed by atoms with Gasteiger partial charge in [0, 0.05) is 18.9 Å². The molecule has 1 heterocycles. The molecule has 0 amide bonds. The van der Waals surface area contributed by atoms with Gasteiger partial charge in [0.15, 0.2) is 0 Å². The van der Waals surface area contributed by atoms with Gasteiger partial charge in [-0.05, 0) is 31.4 Å². The van der Waals surface area contributed by atoms with Crippen LogP contribution in [0.1, 0.15) is 38.3 Å². The van der Waals surface area contributed by atoms with Gasteiger partial charge in [-0.15, -0.1) is 5.10 Å². The molecule has 0 unspecified atom stereocenters. The maximum absolute atomic E-state index is 11.1. The summed E-state index contributed by atoms with van der Waals surface area (Å²) in [5.41, 5.74) is 1.00. The first kappa shape index (κ1) is 11.0. The predicted octanol–water partition coefficient (Wildman–Crippen LogP) is 1.96. The van der Waals surface area contributed by atoms with E-state index in [4.69, 9.17) is 0 Å². The van der Waals surface area contributed by atoms with E-state index in [-0.39, 0.29) is 0 Å². The molecule has 2 rings (SSSR count). The first-order valence-electron chi connectivity index (χ1n) is 5.88. The summed E-state index contributed by atoms with van der Waals surface area (Å²) in [5.74, 6) is 1.20. The van der Waals surface area contributed by atoms with Gasteiger partial charge in [-0.25, -0.2) is 0 Å². The van der Waals surface area contributed by atoms with Crippen LogP contribution < -0.4 is 5.32 Å². The second-order valence-corrected chi connectivity index (χ2v) is 4.22. The lowest BCUT2D eigenvalue weighted by Gasteiger charge is -2.22. The monoisotopic (exact) mass is 219 g/mol. The van der Waals surface area contributed by atoms with Crippen LogP contribution in [-0.4, -0.2) is 22.0 Å². The molecule has 0 radical (unpaired) electrons. The Morgan fingerprint density at radius 1 is 1.31 bits per heavy atom. The van der Waals surface area contributed by atoms with Crippen LogP contribution in [0.25, 0.3) is 0 Å². The minimum atomic E-state index is 0.375. The second-order valence-electron chi connectivity index (χ2n) is 4.22. The average molecular weight is 219 g/mol. The van der Waals surface area contributed by atoms with Crippen LogP contribution in [0.5, 0.6) is 0 Å². The van der Waals surface area contributed by atoms with Gasteiger partial charge in [0.05, 0.1) is 5.69 Å². The summed E-state index contributed by atoms with van der Waals surface area (Å²) in [6.07, 6.45) is 4.12. The van der Waals surface area contributed by atoms with Crippen molar-refractivity contribution in [2.45, 2.75) is 45.1 Å². The Kier molecular flexibility index (Phi) is 3.49. The van der Waals surface area contributed by atoms with Gasteiger partial charge in [0.25, 0.3) is 0 Å². The zero-order valence-electron chi connectivity index (χ0n) is 9.57. The summed E-state index contributed by atoms with van der Waals surface area (Å²) in [6, 6.07) is 4.32. The molecule has 1 saturated carbocycles. The highest BCUT2D eigenvalue weighted by atomic mass is 16.1. The van der Waals surface area contributed by atoms with E-state index in [0.717, 1.165) is 30.8 Å². The third-order valence-corrected chi connectivity index (χ3v) is 2.98. The molecule has 4 nitrogen and oxygen atoms in total. The van der Waals surface area contributed by atoms with Gasteiger partial charge in [0.1, 0.15) is 11.6 Å². The van der Waals surface area contributed by atoms with Crippen LogP contribution in [0.15, 0.2) is 12.1 Å². The zero-order chi connectivity index (χ0) is 11.4. The Morgan fingerprint density at radius 3 is 2.62 bits per heavy atom. The number of anilines is 1. The predicted molar refractivity (Wildman–Crippen MR) is 62.3 cm³/mol. The SMILES string of the molecule is CCc1ccc(NC2CCC(=O)CC2)nn1. The van der Waals surface area contributed by atoms with Crippen LogP contribution >= 0.6 is 0 Å². The number of aromatic nitrogens is 2. The van der Waals surface area contributed by atoms with E-state index in [0.29, 0.717) is 24.7 Å². The first-order valence-corrected chi connectivity index (χ1v) is 5.88. The number of carbonyl (C=O) groups excluding carboxylic acids is 1. The molecule has 0 spiro atoms. The second kappa shape index (κ2) is 5.05. The summed E-state index contributed by atoms with van der Waals surface area (Å²) >= 11 is 0. The molecule has 1 fully saturated rings. The number of ketones is 1. The molecule has 1 aromatic heterocycles. The Labute approximate surface area is 95.5 Å². The molecule has 0 bridgehead atoms. The Bertz CT molecular complexity index is 351. The number of rotatable bonds is 3. The van der Waals surface area contributed by atoms with E-state index in [1.165, 1.54) is 0 Å². The first-order chi connectivity index (χ1) is 7.78. The molecule has 0 atom stereocenters. The quantitative estimate of drug-likeness (QED) is 0.844. The molecular formula is C12H17N3O. The van der Waals surface area contributed by atoms with E-state index in [9.17, 15) is 4.79 Å². The van der Waals surface area contributed by atoms with Gasteiger partial charge in [0.2, 0.25) is 0 Å². The lowest BCUT2D eigenvalue weighted by atomic mass is 9.94. The van der Waals surface area contributed by atoms with Gasteiger partial charge in [-0.1, -0.05) is 6.92 Å². The lowest BCUT2D eigenvalue weighted by Crippen LogP contribution is -2.26. The van der Waals surface area contributed by atoms with Crippen molar-refractivity contribution >= 4 is 11.6 Å². The minimum absolute atomic E-state index is 0.375. The van der Waals surface area contributed by atoms with Crippen LogP contribution in [0, 0.1) is 0 Å². The highest BCUT2D eigenvalue weighted by Crippen LogP contribution is 2.18. The molecular weight excluding hydrogens is 202 g/mol. The molecule has 16 heavy (non-hydrogen) atoms. The van der Waals surface area contributed by atoms with Crippen molar-refractivity contribution < 1.29 is 4.79 Å². The van der Waals surface area contributed by atoms with Crippen LogP contribution in [-0.2, 0) is 11.2 Å². The van der Waals surface area contributed by atoms with Gasteiger partial charge in [-0.2, -0.15) is 5.10 Å². The maximum atomic E-state index is 11.1. The maximum Gasteiger partial charge on any atom is 0.148 e. The fourth-order valence-corrected chi connectivity index (χ4v) is 1.92. The summed E-state index contributed by atoms with van der Waals surface area (Å²) in [4.78, 5) is 11.1. The number of hydrogen-bond acceptors (Lipinski definition) is 4. The number of hydrogen-bond donors (Lipinski definition) is 1. The molecule has 0 aromatic carbocycles. The standard InChI is InChI=1S/C12H17N3O/c1-2-9-5-8-12(15-14-9)13-10-3-6-11(16)7-4-10/h5,8,10H,2-4,6-7H2,1H3,(H,13,15). The van der Waals surface area contributed by atoms with E-state index in [1.807, 2.05) is 12.1 Å². The smallest absolute Gasteiger partial charge is 0.148 e. The topological polar surface area (TPSA) is 54.9 Å². The highest BCUT2D eigenvalue weighted by molar-refractivity contribution is 5.79. The highest BCUT2D eigenvalue weighted by Gasteiger charge is 2.18. The number of nitrogens with one attached hydrogen (secondary N) is 1. The third kappa shape index (κ3) is 2.78. The molecule has 0 saturated heterocycles. The van der Waals surface area contributed by atoms with E-state index in [2.05, 4.69) is 22.4 Å².